The van der Waals surface area contributed by atoms with E-state index in [1.54, 1.807) is 17.1 Å². The summed E-state index contributed by atoms with van der Waals surface area (Å²) in [6.07, 6.45) is 1.67. The molecule has 0 aliphatic carbocycles. The normalized spacial score (nSPS) is 26.3. The number of carbonyl (C=O) groups excluding carboxylic acids is 3. The molecule has 0 radical (unpaired) electrons. The molecule has 0 aromatic rings. The molecule has 0 saturated carbocycles. The molecule has 1 saturated heterocycles. The highest BCUT2D eigenvalue weighted by Gasteiger charge is 2.33. The molecule has 2 rings (SSSR count). The van der Waals surface area contributed by atoms with Crippen molar-refractivity contribution in [1.29, 1.82) is 0 Å². The maximum atomic E-state index is 12.3. The summed E-state index contributed by atoms with van der Waals surface area (Å²) in [5.41, 5.74) is 0. The summed E-state index contributed by atoms with van der Waals surface area (Å²) in [6, 6.07) is 0. The van der Waals surface area contributed by atoms with Crippen LogP contribution < -0.4 is 0 Å². The zero-order chi connectivity index (χ0) is 17.7. The van der Waals surface area contributed by atoms with Crippen molar-refractivity contribution in [2.24, 2.45) is 0 Å². The summed E-state index contributed by atoms with van der Waals surface area (Å²) in [6.45, 7) is 3.12. The number of hydrogen-bond acceptors (Lipinski definition) is 8. The third-order valence-electron chi connectivity index (χ3n) is 3.42. The van der Waals surface area contributed by atoms with Gasteiger partial charge in [-0.05, 0) is 6.08 Å². The van der Waals surface area contributed by atoms with E-state index in [2.05, 4.69) is 0 Å². The van der Waals surface area contributed by atoms with Gasteiger partial charge in [0.15, 0.2) is 0 Å². The molecule has 0 bridgehead atoms. The summed E-state index contributed by atoms with van der Waals surface area (Å²) < 4.78 is 16.5. The molecule has 0 N–H and O–H groups in total. The number of carbonyl (C=O) groups is 3. The van der Waals surface area contributed by atoms with Crippen LogP contribution in [0.1, 0.15) is 20.3 Å². The topological polar surface area (TPSA) is 82.1 Å². The van der Waals surface area contributed by atoms with Crippen LogP contribution >= 0.6 is 24.0 Å². The van der Waals surface area contributed by atoms with Gasteiger partial charge in [0.25, 0.3) is 0 Å². The maximum Gasteiger partial charge on any atom is 0.303 e. The number of thiocarbonyl (C=S) groups is 1. The second-order valence-corrected chi connectivity index (χ2v) is 7.07. The van der Waals surface area contributed by atoms with Crippen LogP contribution in [0.4, 0.5) is 0 Å². The van der Waals surface area contributed by atoms with Gasteiger partial charge in [-0.25, -0.2) is 0 Å². The molecular formula is C15H19NO6S2. The number of esters is 2. The first-order valence-electron chi connectivity index (χ1n) is 7.48. The van der Waals surface area contributed by atoms with Gasteiger partial charge >= 0.3 is 11.9 Å². The number of thioether (sulfide) groups is 1. The Kier molecular flexibility index (Phi) is 6.76. The van der Waals surface area contributed by atoms with E-state index >= 15 is 0 Å². The third kappa shape index (κ3) is 5.29. The second-order valence-electron chi connectivity index (χ2n) is 5.34. The number of nitrogens with zero attached hydrogens (tertiary/aromatic N) is 1. The highest BCUT2D eigenvalue weighted by atomic mass is 32.2. The summed E-state index contributed by atoms with van der Waals surface area (Å²) in [5.74, 6) is -0.233. The Bertz CT molecular complexity index is 564. The van der Waals surface area contributed by atoms with Crippen molar-refractivity contribution in [3.05, 3.63) is 12.2 Å². The lowest BCUT2D eigenvalue weighted by Crippen LogP contribution is -2.43. The van der Waals surface area contributed by atoms with Crippen molar-refractivity contribution in [3.8, 4) is 0 Å². The average Bonchev–Trinajstić information content (AvgIpc) is 2.93. The lowest BCUT2D eigenvalue weighted by atomic mass is 10.1. The number of ether oxygens (including phenoxy) is 3. The zero-order valence-corrected chi connectivity index (χ0v) is 15.1. The largest absolute Gasteiger partial charge is 0.463 e. The van der Waals surface area contributed by atoms with Crippen molar-refractivity contribution < 1.29 is 28.6 Å². The monoisotopic (exact) mass is 373 g/mol. The highest BCUT2D eigenvalue weighted by molar-refractivity contribution is 8.23. The van der Waals surface area contributed by atoms with Gasteiger partial charge in [0, 0.05) is 26.1 Å². The molecule has 0 unspecified atom stereocenters. The van der Waals surface area contributed by atoms with E-state index in [1.807, 2.05) is 0 Å². The predicted molar refractivity (Wildman–Crippen MR) is 91.4 cm³/mol. The quantitative estimate of drug-likeness (QED) is 0.402. The molecule has 132 valence electrons. The number of amides is 1. The Hall–Kier alpha value is -1.45. The zero-order valence-electron chi connectivity index (χ0n) is 13.4. The summed E-state index contributed by atoms with van der Waals surface area (Å²) in [5, 5.41) is 0. The maximum absolute atomic E-state index is 12.3. The van der Waals surface area contributed by atoms with Gasteiger partial charge in [-0.1, -0.05) is 30.1 Å². The van der Waals surface area contributed by atoms with Gasteiger partial charge in [-0.3, -0.25) is 19.3 Å². The molecule has 9 heteroatoms. The third-order valence-corrected chi connectivity index (χ3v) is 4.85. The Morgan fingerprint density at radius 3 is 2.67 bits per heavy atom. The van der Waals surface area contributed by atoms with E-state index in [4.69, 9.17) is 26.4 Å². The first-order chi connectivity index (χ1) is 11.4. The summed E-state index contributed by atoms with van der Waals surface area (Å²) >= 11 is 6.62. The smallest absolute Gasteiger partial charge is 0.303 e. The standard InChI is InChI=1S/C15H19NO6S2/c1-9(17)20-8-13-12(21-10(2)18)4-3-11(22-13)7-14(19)16-5-6-24-15(16)23/h3-4,11-13H,5-8H2,1-2H3/t11-,12-,13+/m0/s1. The fourth-order valence-electron chi connectivity index (χ4n) is 2.36. The van der Waals surface area contributed by atoms with Crippen LogP contribution in [-0.2, 0) is 28.6 Å². The minimum absolute atomic E-state index is 0.0553. The van der Waals surface area contributed by atoms with Crippen molar-refractivity contribution >= 4 is 46.1 Å². The van der Waals surface area contributed by atoms with E-state index in [0.717, 1.165) is 5.75 Å². The molecular weight excluding hydrogens is 354 g/mol. The van der Waals surface area contributed by atoms with E-state index in [1.165, 1.54) is 25.6 Å². The van der Waals surface area contributed by atoms with Crippen molar-refractivity contribution in [2.45, 2.75) is 38.6 Å². The van der Waals surface area contributed by atoms with Gasteiger partial charge in [0.05, 0.1) is 12.5 Å². The van der Waals surface area contributed by atoms with Gasteiger partial charge in [0.1, 0.15) is 23.1 Å². The lowest BCUT2D eigenvalue weighted by Gasteiger charge is -2.31. The molecule has 2 aliphatic rings. The summed E-state index contributed by atoms with van der Waals surface area (Å²) in [4.78, 5) is 36.0. The molecule has 1 fully saturated rings. The lowest BCUT2D eigenvalue weighted by molar-refractivity contribution is -0.165. The average molecular weight is 373 g/mol. The van der Waals surface area contributed by atoms with Crippen LogP contribution in [0.15, 0.2) is 12.2 Å². The Morgan fingerprint density at radius 1 is 1.33 bits per heavy atom. The molecule has 1 amide bonds. The molecule has 3 atom stereocenters. The molecule has 2 heterocycles. The first kappa shape index (κ1) is 18.9. The molecule has 24 heavy (non-hydrogen) atoms. The van der Waals surface area contributed by atoms with Crippen molar-refractivity contribution in [1.82, 2.24) is 4.90 Å². The minimum Gasteiger partial charge on any atom is -0.463 e. The van der Waals surface area contributed by atoms with Crippen LogP contribution in [-0.4, -0.2) is 64.3 Å². The highest BCUT2D eigenvalue weighted by Crippen LogP contribution is 2.23. The molecule has 0 aromatic carbocycles. The fraction of sp³-hybridized carbons (Fsp3) is 0.600. The Morgan fingerprint density at radius 2 is 2.08 bits per heavy atom. The van der Waals surface area contributed by atoms with Crippen molar-refractivity contribution in [3.63, 3.8) is 0 Å². The minimum atomic E-state index is -0.656. The fourth-order valence-corrected chi connectivity index (χ4v) is 3.60. The van der Waals surface area contributed by atoms with Crippen LogP contribution in [0.2, 0.25) is 0 Å². The first-order valence-corrected chi connectivity index (χ1v) is 8.87. The number of rotatable bonds is 5. The molecule has 7 nitrogen and oxygen atoms in total. The molecule has 0 spiro atoms. The van der Waals surface area contributed by atoms with Gasteiger partial charge in [-0.15, -0.1) is 0 Å². The van der Waals surface area contributed by atoms with Crippen LogP contribution in [0, 0.1) is 0 Å². The van der Waals surface area contributed by atoms with E-state index < -0.39 is 30.3 Å². The second kappa shape index (κ2) is 8.59. The summed E-state index contributed by atoms with van der Waals surface area (Å²) in [7, 11) is 0. The van der Waals surface area contributed by atoms with Gasteiger partial charge < -0.3 is 14.2 Å². The van der Waals surface area contributed by atoms with Gasteiger partial charge in [-0.2, -0.15) is 0 Å². The van der Waals surface area contributed by atoms with Crippen LogP contribution in [0.3, 0.4) is 0 Å². The SMILES string of the molecule is CC(=O)OC[C@H]1O[C@H](CC(=O)N2CCSC2=S)C=C[C@@H]1OC(C)=O. The Labute approximate surface area is 149 Å². The predicted octanol–water partition coefficient (Wildman–Crippen LogP) is 1.06. The van der Waals surface area contributed by atoms with Crippen LogP contribution in [0.25, 0.3) is 0 Å². The van der Waals surface area contributed by atoms with E-state index in [0.29, 0.717) is 10.9 Å². The Balaban J connectivity index is 1.98. The molecule has 2 aliphatic heterocycles. The van der Waals surface area contributed by atoms with Gasteiger partial charge in [0.2, 0.25) is 5.91 Å². The molecule has 0 aromatic heterocycles. The van der Waals surface area contributed by atoms with Crippen molar-refractivity contribution in [2.75, 3.05) is 18.9 Å². The number of hydrogen-bond donors (Lipinski definition) is 0. The van der Waals surface area contributed by atoms with E-state index in [9.17, 15) is 14.4 Å². The van der Waals surface area contributed by atoms with Crippen LogP contribution in [0.5, 0.6) is 0 Å². The van der Waals surface area contributed by atoms with E-state index in [-0.39, 0.29) is 18.9 Å².